The van der Waals surface area contributed by atoms with E-state index >= 15 is 0 Å². The van der Waals surface area contributed by atoms with Crippen molar-refractivity contribution in [3.8, 4) is 11.5 Å². The quantitative estimate of drug-likeness (QED) is 0.275. The van der Waals surface area contributed by atoms with Crippen LogP contribution in [-0.4, -0.2) is 45.2 Å². The summed E-state index contributed by atoms with van der Waals surface area (Å²) in [6, 6.07) is 3.84. The van der Waals surface area contributed by atoms with Gasteiger partial charge in [-0.3, -0.25) is 4.79 Å². The summed E-state index contributed by atoms with van der Waals surface area (Å²) in [6.45, 7) is 0.892. The number of aromatic hydroxyl groups is 2. The van der Waals surface area contributed by atoms with Crippen LogP contribution in [0.25, 0.3) is 0 Å². The molecule has 108 valence electrons. The van der Waals surface area contributed by atoms with E-state index in [1.165, 1.54) is 12.1 Å². The van der Waals surface area contributed by atoms with E-state index in [9.17, 15) is 15.0 Å². The molecular weight excluding hydrogens is 262 g/mol. The lowest BCUT2D eigenvalue weighted by atomic mass is 9.96. The second kappa shape index (κ2) is 5.68. The van der Waals surface area contributed by atoms with Gasteiger partial charge in [0.25, 0.3) is 5.91 Å². The molecule has 0 radical (unpaired) electrons. The van der Waals surface area contributed by atoms with Crippen LogP contribution in [0, 0.1) is 5.92 Å². The molecule has 7 heteroatoms. The molecule has 0 spiro atoms. The van der Waals surface area contributed by atoms with Crippen molar-refractivity contribution >= 4 is 11.7 Å². The number of carbonyl (C=O) groups excluding carboxylic acids is 1. The highest BCUT2D eigenvalue weighted by Gasteiger charge is 2.28. The number of oxime groups is 1. The van der Waals surface area contributed by atoms with Gasteiger partial charge in [0.1, 0.15) is 17.3 Å². The second-order valence-electron chi connectivity index (χ2n) is 4.82. The Kier molecular flexibility index (Phi) is 3.97. The number of benzene rings is 1. The Morgan fingerprint density at radius 3 is 2.80 bits per heavy atom. The molecule has 1 atom stereocenters. The number of amidine groups is 1. The van der Waals surface area contributed by atoms with Gasteiger partial charge in [0, 0.05) is 25.1 Å². The number of hydrogen-bond donors (Lipinski definition) is 4. The number of piperidine rings is 1. The maximum absolute atomic E-state index is 12.3. The summed E-state index contributed by atoms with van der Waals surface area (Å²) < 4.78 is 0. The Bertz CT molecular complexity index is 544. The van der Waals surface area contributed by atoms with Crippen LogP contribution in [0.4, 0.5) is 0 Å². The minimum Gasteiger partial charge on any atom is -0.508 e. The predicted octanol–water partition coefficient (Wildman–Crippen LogP) is 0.696. The number of carbonyl (C=O) groups is 1. The molecule has 1 heterocycles. The standard InChI is InChI=1S/C13H17N3O4/c14-12(15-20)8-2-1-5-16(7-8)13(19)10-4-3-9(17)6-11(10)18/h3-4,6,8,17-18,20H,1-2,5,7H2,(H2,14,15). The molecule has 20 heavy (non-hydrogen) atoms. The van der Waals surface area contributed by atoms with E-state index < -0.39 is 0 Å². The average molecular weight is 279 g/mol. The van der Waals surface area contributed by atoms with E-state index in [0.29, 0.717) is 13.1 Å². The van der Waals surface area contributed by atoms with Crippen LogP contribution >= 0.6 is 0 Å². The third-order valence-electron chi connectivity index (χ3n) is 3.45. The van der Waals surface area contributed by atoms with E-state index in [4.69, 9.17) is 10.9 Å². The lowest BCUT2D eigenvalue weighted by molar-refractivity contribution is 0.0698. The minimum absolute atomic E-state index is 0.104. The van der Waals surface area contributed by atoms with E-state index in [0.717, 1.165) is 18.9 Å². The van der Waals surface area contributed by atoms with Crippen molar-refractivity contribution in [2.45, 2.75) is 12.8 Å². The van der Waals surface area contributed by atoms with Gasteiger partial charge in [-0.25, -0.2) is 0 Å². The molecule has 1 aliphatic heterocycles. The second-order valence-corrected chi connectivity index (χ2v) is 4.82. The monoisotopic (exact) mass is 279 g/mol. The molecule has 1 aliphatic rings. The van der Waals surface area contributed by atoms with Crippen LogP contribution in [0.1, 0.15) is 23.2 Å². The molecular formula is C13H17N3O4. The number of amides is 1. The number of nitrogens with two attached hydrogens (primary N) is 1. The van der Waals surface area contributed by atoms with Crippen molar-refractivity contribution in [1.82, 2.24) is 4.90 Å². The zero-order valence-corrected chi connectivity index (χ0v) is 10.9. The molecule has 1 saturated heterocycles. The molecule has 0 saturated carbocycles. The van der Waals surface area contributed by atoms with Crippen LogP contribution in [0.15, 0.2) is 23.4 Å². The van der Waals surface area contributed by atoms with Crippen molar-refractivity contribution < 1.29 is 20.2 Å². The van der Waals surface area contributed by atoms with Crippen molar-refractivity contribution in [2.24, 2.45) is 16.8 Å². The summed E-state index contributed by atoms with van der Waals surface area (Å²) >= 11 is 0. The van der Waals surface area contributed by atoms with Crippen LogP contribution < -0.4 is 5.73 Å². The van der Waals surface area contributed by atoms with E-state index in [1.54, 1.807) is 4.90 Å². The summed E-state index contributed by atoms with van der Waals surface area (Å²) in [5, 5.41) is 30.6. The molecule has 1 aromatic rings. The molecule has 0 aromatic heterocycles. The van der Waals surface area contributed by atoms with Crippen LogP contribution in [0.2, 0.25) is 0 Å². The summed E-state index contributed by atoms with van der Waals surface area (Å²) in [5.74, 6) is -0.777. The maximum Gasteiger partial charge on any atom is 0.257 e. The first-order valence-electron chi connectivity index (χ1n) is 6.31. The van der Waals surface area contributed by atoms with Gasteiger partial charge in [0.05, 0.1) is 5.56 Å². The highest BCUT2D eigenvalue weighted by Crippen LogP contribution is 2.26. The van der Waals surface area contributed by atoms with Crippen LogP contribution in [0.3, 0.4) is 0 Å². The van der Waals surface area contributed by atoms with Gasteiger partial charge in [-0.15, -0.1) is 0 Å². The highest BCUT2D eigenvalue weighted by molar-refractivity contribution is 5.97. The van der Waals surface area contributed by atoms with Gasteiger partial charge < -0.3 is 26.1 Å². The van der Waals surface area contributed by atoms with Gasteiger partial charge in [-0.05, 0) is 25.0 Å². The van der Waals surface area contributed by atoms with Crippen molar-refractivity contribution in [1.29, 1.82) is 0 Å². The Morgan fingerprint density at radius 2 is 2.15 bits per heavy atom. The Balaban J connectivity index is 2.16. The molecule has 7 nitrogen and oxygen atoms in total. The number of rotatable bonds is 2. The molecule has 1 fully saturated rings. The zero-order valence-electron chi connectivity index (χ0n) is 10.9. The van der Waals surface area contributed by atoms with E-state index in [2.05, 4.69) is 5.16 Å². The Labute approximate surface area is 115 Å². The fraction of sp³-hybridized carbons (Fsp3) is 0.385. The van der Waals surface area contributed by atoms with Crippen molar-refractivity contribution in [3.63, 3.8) is 0 Å². The van der Waals surface area contributed by atoms with E-state index in [1.807, 2.05) is 0 Å². The topological polar surface area (TPSA) is 119 Å². The van der Waals surface area contributed by atoms with Crippen molar-refractivity contribution in [3.05, 3.63) is 23.8 Å². The summed E-state index contributed by atoms with van der Waals surface area (Å²) in [6.07, 6.45) is 1.49. The van der Waals surface area contributed by atoms with Crippen LogP contribution in [0.5, 0.6) is 11.5 Å². The first-order valence-corrected chi connectivity index (χ1v) is 6.31. The minimum atomic E-state index is -0.335. The molecule has 0 aliphatic carbocycles. The predicted molar refractivity (Wildman–Crippen MR) is 71.8 cm³/mol. The fourth-order valence-corrected chi connectivity index (χ4v) is 2.36. The smallest absolute Gasteiger partial charge is 0.257 e. The Hall–Kier alpha value is -2.44. The molecule has 1 unspecified atom stereocenters. The normalized spacial score (nSPS) is 19.9. The fourth-order valence-electron chi connectivity index (χ4n) is 2.36. The molecule has 1 amide bonds. The first-order chi connectivity index (χ1) is 9.52. The van der Waals surface area contributed by atoms with Crippen LogP contribution in [-0.2, 0) is 0 Å². The number of phenols is 2. The average Bonchev–Trinajstić information content (AvgIpc) is 2.46. The summed E-state index contributed by atoms with van der Waals surface area (Å²) in [7, 11) is 0. The molecule has 0 bridgehead atoms. The van der Waals surface area contributed by atoms with Gasteiger partial charge in [-0.2, -0.15) is 0 Å². The third kappa shape index (κ3) is 2.76. The maximum atomic E-state index is 12.3. The first kappa shape index (κ1) is 14.0. The number of nitrogens with zero attached hydrogens (tertiary/aromatic N) is 2. The van der Waals surface area contributed by atoms with Gasteiger partial charge in [0.15, 0.2) is 0 Å². The highest BCUT2D eigenvalue weighted by atomic mass is 16.4. The number of likely N-dealkylation sites (tertiary alicyclic amines) is 1. The Morgan fingerprint density at radius 1 is 1.40 bits per heavy atom. The number of hydrogen-bond acceptors (Lipinski definition) is 5. The van der Waals surface area contributed by atoms with Gasteiger partial charge in [-0.1, -0.05) is 5.16 Å². The lowest BCUT2D eigenvalue weighted by Crippen LogP contribution is -2.44. The van der Waals surface area contributed by atoms with Gasteiger partial charge >= 0.3 is 0 Å². The number of phenolic OH excluding ortho intramolecular Hbond substituents is 2. The molecule has 1 aromatic carbocycles. The SMILES string of the molecule is N/C(=N/O)C1CCCN(C(=O)c2ccc(O)cc2O)C1. The molecule has 5 N–H and O–H groups in total. The summed E-state index contributed by atoms with van der Waals surface area (Å²) in [4.78, 5) is 13.9. The summed E-state index contributed by atoms with van der Waals surface area (Å²) in [5.41, 5.74) is 5.71. The van der Waals surface area contributed by atoms with Crippen molar-refractivity contribution in [2.75, 3.05) is 13.1 Å². The molecule has 2 rings (SSSR count). The van der Waals surface area contributed by atoms with Gasteiger partial charge in [0.2, 0.25) is 0 Å². The lowest BCUT2D eigenvalue weighted by Gasteiger charge is -2.32. The third-order valence-corrected chi connectivity index (χ3v) is 3.45. The van der Waals surface area contributed by atoms with E-state index in [-0.39, 0.29) is 34.7 Å². The largest absolute Gasteiger partial charge is 0.508 e. The zero-order chi connectivity index (χ0) is 14.7.